The van der Waals surface area contributed by atoms with Crippen molar-refractivity contribution in [2.24, 2.45) is 5.73 Å². The molecule has 0 saturated heterocycles. The summed E-state index contributed by atoms with van der Waals surface area (Å²) in [5.74, 6) is 1.20. The van der Waals surface area contributed by atoms with Crippen molar-refractivity contribution in [3.05, 3.63) is 41.2 Å². The fraction of sp³-hybridized carbons (Fsp3) is 0.643. The minimum absolute atomic E-state index is 0.0349. The number of nitrogens with two attached hydrogens (primary N) is 1. The van der Waals surface area contributed by atoms with Gasteiger partial charge in [-0.25, -0.2) is 4.68 Å². The number of nitrogens with zero attached hydrogens (tertiary/aromatic N) is 3. The maximum Gasteiger partial charge on any atom is 0.179 e. The highest BCUT2D eigenvalue weighted by Crippen LogP contribution is 2.37. The molecule has 10 heteroatoms. The molecule has 38 heavy (non-hydrogen) atoms. The van der Waals surface area contributed by atoms with E-state index in [0.29, 0.717) is 18.1 Å². The lowest BCUT2D eigenvalue weighted by Crippen LogP contribution is -2.35. The van der Waals surface area contributed by atoms with Crippen LogP contribution in [0.25, 0.3) is 6.08 Å². The Hall–Kier alpha value is -2.50. The smallest absolute Gasteiger partial charge is 0.179 e. The molecule has 0 aliphatic rings. The normalized spacial score (nSPS) is 13.4. The first-order valence-corrected chi connectivity index (χ1v) is 12.7. The second-order valence-corrected chi connectivity index (χ2v) is 12.6. The van der Waals surface area contributed by atoms with E-state index in [1.165, 1.54) is 4.68 Å². The van der Waals surface area contributed by atoms with E-state index in [1.54, 1.807) is 13.3 Å². The average molecular weight is 535 g/mol. The molecule has 2 N–H and O–H groups in total. The zero-order valence-corrected chi connectivity index (χ0v) is 24.9. The zero-order valence-electron chi connectivity index (χ0n) is 24.9. The van der Waals surface area contributed by atoms with Gasteiger partial charge >= 0.3 is 0 Å². The Bertz CT molecular complexity index is 1060. The lowest BCUT2D eigenvalue weighted by atomic mass is 9.85. The van der Waals surface area contributed by atoms with Crippen molar-refractivity contribution in [1.29, 1.82) is 0 Å². The molecule has 0 atom stereocenters. The average Bonchev–Trinajstić information content (AvgIpc) is 3.24. The minimum Gasteiger partial charge on any atom is -0.496 e. The summed E-state index contributed by atoms with van der Waals surface area (Å²) in [7, 11) is 1.64. The maximum absolute atomic E-state index is 6.12. The molecule has 10 nitrogen and oxygen atoms in total. The first kappa shape index (κ1) is 31.7. The molecule has 1 aromatic heterocycles. The molecule has 0 saturated carbocycles. The van der Waals surface area contributed by atoms with Crippen molar-refractivity contribution in [2.75, 3.05) is 13.7 Å². The molecular weight excluding hydrogens is 488 g/mol. The van der Waals surface area contributed by atoms with E-state index in [9.17, 15) is 0 Å². The second-order valence-electron chi connectivity index (χ2n) is 12.6. The lowest BCUT2D eigenvalue weighted by molar-refractivity contribution is -0.479. The van der Waals surface area contributed by atoms with Crippen molar-refractivity contribution in [2.45, 2.75) is 105 Å². The van der Waals surface area contributed by atoms with E-state index in [-0.39, 0.29) is 24.4 Å². The molecule has 2 rings (SSSR count). The number of hydrogen-bond acceptors (Lipinski definition) is 9. The number of hydrogen-bond donors (Lipinski definition) is 1. The SMILES string of the molecule is COc1cc(/C=C/C(C)(C)N)c(OOOCn2cc(COC(C)(C)COC(C)(C)C)nn2)cc1C(C)(C)C. The van der Waals surface area contributed by atoms with Gasteiger partial charge in [-0.05, 0) is 71.1 Å². The zero-order chi connectivity index (χ0) is 28.8. The fourth-order valence-electron chi connectivity index (χ4n) is 3.14. The first-order valence-electron chi connectivity index (χ1n) is 12.7. The number of methoxy groups -OCH3 is 1. The topological polar surface area (TPSA) is 112 Å². The minimum atomic E-state index is -0.506. The van der Waals surface area contributed by atoms with Crippen molar-refractivity contribution in [1.82, 2.24) is 15.0 Å². The third-order valence-electron chi connectivity index (χ3n) is 5.24. The van der Waals surface area contributed by atoms with Gasteiger partial charge in [0.2, 0.25) is 0 Å². The van der Waals surface area contributed by atoms with Gasteiger partial charge in [-0.3, -0.25) is 0 Å². The number of benzene rings is 1. The third kappa shape index (κ3) is 11.1. The molecule has 0 fully saturated rings. The Labute approximate surface area is 227 Å². The van der Waals surface area contributed by atoms with Crippen LogP contribution < -0.4 is 15.4 Å². The Balaban J connectivity index is 2.00. The van der Waals surface area contributed by atoms with Gasteiger partial charge in [-0.15, -0.1) is 5.10 Å². The summed E-state index contributed by atoms with van der Waals surface area (Å²) < 4.78 is 18.9. The standard InChI is InChI=1S/C28H46N4O6/c1-25(2,3)22-15-23(20(14-24(22)33-11)12-13-27(7,8)29)37-38-36-19-32-16-21(30-31-32)17-34-28(9,10)18-35-26(4,5)6/h12-16H,17-19,29H2,1-11H3/b13-12+. The Morgan fingerprint density at radius 2 is 1.63 bits per heavy atom. The van der Waals surface area contributed by atoms with Gasteiger partial charge in [0.25, 0.3) is 0 Å². The van der Waals surface area contributed by atoms with Crippen molar-refractivity contribution in [3.8, 4) is 11.5 Å². The van der Waals surface area contributed by atoms with Gasteiger partial charge in [0.05, 0.1) is 37.7 Å². The van der Waals surface area contributed by atoms with Crippen LogP contribution >= 0.6 is 0 Å². The molecule has 0 unspecified atom stereocenters. The second kappa shape index (κ2) is 12.6. The lowest BCUT2D eigenvalue weighted by Gasteiger charge is -2.29. The molecular formula is C28H46N4O6. The van der Waals surface area contributed by atoms with Crippen LogP contribution in [-0.4, -0.2) is 45.5 Å². The van der Waals surface area contributed by atoms with Crippen molar-refractivity contribution >= 4 is 6.08 Å². The number of aromatic nitrogens is 3. The summed E-state index contributed by atoms with van der Waals surface area (Å²) in [4.78, 5) is 10.8. The Morgan fingerprint density at radius 3 is 2.21 bits per heavy atom. The molecule has 1 aromatic carbocycles. The van der Waals surface area contributed by atoms with Crippen LogP contribution in [0.15, 0.2) is 24.4 Å². The van der Waals surface area contributed by atoms with E-state index in [4.69, 9.17) is 34.8 Å². The number of rotatable bonds is 13. The molecule has 0 bridgehead atoms. The molecule has 1 heterocycles. The Morgan fingerprint density at radius 1 is 0.947 bits per heavy atom. The predicted octanol–water partition coefficient (Wildman–Crippen LogP) is 5.34. The molecule has 214 valence electrons. The first-order chi connectivity index (χ1) is 17.4. The van der Waals surface area contributed by atoms with Crippen molar-refractivity contribution in [3.63, 3.8) is 0 Å². The van der Waals surface area contributed by atoms with E-state index in [1.807, 2.05) is 72.8 Å². The molecule has 0 aliphatic heterocycles. The van der Waals surface area contributed by atoms with Crippen molar-refractivity contribution < 1.29 is 29.0 Å². The number of ether oxygens (including phenoxy) is 3. The summed E-state index contributed by atoms with van der Waals surface area (Å²) >= 11 is 0. The quantitative estimate of drug-likeness (QED) is 0.207. The monoisotopic (exact) mass is 534 g/mol. The van der Waals surface area contributed by atoms with Crippen LogP contribution in [0.5, 0.6) is 11.5 Å². The van der Waals surface area contributed by atoms with E-state index in [2.05, 4.69) is 31.1 Å². The molecule has 0 spiro atoms. The van der Waals surface area contributed by atoms with E-state index in [0.717, 1.165) is 16.9 Å². The Kier molecular flexibility index (Phi) is 10.5. The molecule has 0 radical (unpaired) electrons. The highest BCUT2D eigenvalue weighted by Gasteiger charge is 2.24. The summed E-state index contributed by atoms with van der Waals surface area (Å²) in [6.45, 7) is 20.8. The largest absolute Gasteiger partial charge is 0.496 e. The summed E-state index contributed by atoms with van der Waals surface area (Å²) in [5, 5.41) is 13.2. The van der Waals surface area contributed by atoms with Crippen LogP contribution in [-0.2, 0) is 38.2 Å². The molecule has 0 amide bonds. The highest BCUT2D eigenvalue weighted by atomic mass is 17.5. The molecule has 0 aliphatic carbocycles. The van der Waals surface area contributed by atoms with Gasteiger partial charge in [0.15, 0.2) is 12.5 Å². The van der Waals surface area contributed by atoms with E-state index >= 15 is 0 Å². The third-order valence-corrected chi connectivity index (χ3v) is 5.24. The molecule has 2 aromatic rings. The van der Waals surface area contributed by atoms with Gasteiger partial charge < -0.3 is 24.8 Å². The highest BCUT2D eigenvalue weighted by molar-refractivity contribution is 5.63. The summed E-state index contributed by atoms with van der Waals surface area (Å²) in [6.07, 6.45) is 5.46. The van der Waals surface area contributed by atoms with Gasteiger partial charge in [0.1, 0.15) is 11.4 Å². The van der Waals surface area contributed by atoms with Crippen LogP contribution in [0.2, 0.25) is 0 Å². The van der Waals surface area contributed by atoms with Crippen LogP contribution in [0.1, 0.15) is 86.1 Å². The van der Waals surface area contributed by atoms with Crippen LogP contribution in [0.3, 0.4) is 0 Å². The summed E-state index contributed by atoms with van der Waals surface area (Å²) in [5.41, 5.74) is 7.06. The van der Waals surface area contributed by atoms with E-state index < -0.39 is 11.1 Å². The fourth-order valence-corrected chi connectivity index (χ4v) is 3.14. The van der Waals surface area contributed by atoms with Crippen LogP contribution in [0, 0.1) is 0 Å². The summed E-state index contributed by atoms with van der Waals surface area (Å²) in [6, 6.07) is 3.76. The predicted molar refractivity (Wildman–Crippen MR) is 146 cm³/mol. The van der Waals surface area contributed by atoms with Gasteiger partial charge in [-0.1, -0.05) is 38.1 Å². The van der Waals surface area contributed by atoms with Crippen LogP contribution in [0.4, 0.5) is 0 Å². The maximum atomic E-state index is 6.12. The van der Waals surface area contributed by atoms with Gasteiger partial charge in [-0.2, -0.15) is 4.89 Å². The van der Waals surface area contributed by atoms with Gasteiger partial charge in [0, 0.05) is 16.7 Å².